The van der Waals surface area contributed by atoms with Gasteiger partial charge in [-0.3, -0.25) is 4.79 Å². The van der Waals surface area contributed by atoms with E-state index in [2.05, 4.69) is 21.8 Å². The molecule has 3 heterocycles. The van der Waals surface area contributed by atoms with Crippen LogP contribution >= 0.6 is 0 Å². The number of ketones is 1. The Balaban J connectivity index is 1.59. The van der Waals surface area contributed by atoms with E-state index in [0.29, 0.717) is 10.8 Å². The molecule has 1 aromatic carbocycles. The number of carbonyl (C=O) groups is 1. The average Bonchev–Trinajstić information content (AvgIpc) is 2.81. The van der Waals surface area contributed by atoms with Crippen molar-refractivity contribution in [1.29, 1.82) is 0 Å². The molecule has 2 N–H and O–H groups in total. The lowest BCUT2D eigenvalue weighted by Crippen LogP contribution is -2.44. The van der Waals surface area contributed by atoms with E-state index in [1.807, 2.05) is 37.4 Å². The summed E-state index contributed by atoms with van der Waals surface area (Å²) < 4.78 is 14.7. The van der Waals surface area contributed by atoms with Crippen LogP contribution in [-0.4, -0.2) is 53.9 Å². The molecule has 1 aliphatic carbocycles. The minimum atomic E-state index is -0.711. The minimum absolute atomic E-state index is 0.204. The second-order valence-corrected chi connectivity index (χ2v) is 8.74. The number of rotatable bonds is 3. The molecule has 3 aromatic rings. The zero-order valence-corrected chi connectivity index (χ0v) is 18.8. The number of piperazine rings is 1. The number of fused-ring (bicyclic) bond motifs is 1. The van der Waals surface area contributed by atoms with Gasteiger partial charge in [-0.25, -0.2) is 14.4 Å². The summed E-state index contributed by atoms with van der Waals surface area (Å²) in [6, 6.07) is 8.89. The summed E-state index contributed by atoms with van der Waals surface area (Å²) in [5.41, 5.74) is 8.94. The molecule has 1 aliphatic heterocycles. The van der Waals surface area contributed by atoms with E-state index >= 15 is 0 Å². The number of likely N-dealkylation sites (N-methyl/N-ethyl adjacent to an activating group) is 1. The number of halogens is 1. The molecular weight excluding hydrogens is 417 g/mol. The third-order valence-corrected chi connectivity index (χ3v) is 6.58. The highest BCUT2D eigenvalue weighted by Gasteiger charge is 2.25. The van der Waals surface area contributed by atoms with E-state index in [9.17, 15) is 9.18 Å². The third kappa shape index (κ3) is 3.89. The van der Waals surface area contributed by atoms with Crippen LogP contribution in [0.2, 0.25) is 0 Å². The summed E-state index contributed by atoms with van der Waals surface area (Å²) in [4.78, 5) is 26.5. The van der Waals surface area contributed by atoms with Gasteiger partial charge in [0, 0.05) is 60.5 Å². The zero-order valence-electron chi connectivity index (χ0n) is 18.8. The van der Waals surface area contributed by atoms with E-state index < -0.39 is 5.92 Å². The number of anilines is 2. The van der Waals surface area contributed by atoms with E-state index in [1.54, 1.807) is 12.3 Å². The van der Waals surface area contributed by atoms with Crippen molar-refractivity contribution in [2.24, 2.45) is 0 Å². The number of pyridine rings is 2. The number of aryl methyl sites for hydroxylation is 1. The molecule has 2 aliphatic rings. The van der Waals surface area contributed by atoms with Crippen LogP contribution < -0.4 is 21.1 Å². The van der Waals surface area contributed by atoms with Crippen molar-refractivity contribution in [1.82, 2.24) is 14.9 Å². The summed E-state index contributed by atoms with van der Waals surface area (Å²) in [5.74, 6) is -0.0799. The third-order valence-electron chi connectivity index (χ3n) is 6.58. The van der Waals surface area contributed by atoms with Crippen molar-refractivity contribution < 1.29 is 9.18 Å². The first-order valence-corrected chi connectivity index (χ1v) is 11.1. The highest BCUT2D eigenvalue weighted by molar-refractivity contribution is 6.14. The van der Waals surface area contributed by atoms with Crippen molar-refractivity contribution in [3.8, 4) is 11.1 Å². The van der Waals surface area contributed by atoms with E-state index in [4.69, 9.17) is 10.7 Å². The fourth-order valence-corrected chi connectivity index (χ4v) is 4.63. The molecule has 6 nitrogen and oxygen atoms in total. The number of nitrogens with zero attached hydrogens (tertiary/aromatic N) is 4. The van der Waals surface area contributed by atoms with Gasteiger partial charge < -0.3 is 15.5 Å². The summed E-state index contributed by atoms with van der Waals surface area (Å²) in [6.45, 7) is 5.72. The Labute approximate surface area is 191 Å². The van der Waals surface area contributed by atoms with Crippen LogP contribution in [0.15, 0.2) is 42.7 Å². The van der Waals surface area contributed by atoms with Crippen LogP contribution in [0.25, 0.3) is 23.3 Å². The van der Waals surface area contributed by atoms with E-state index in [1.165, 1.54) is 12.1 Å². The van der Waals surface area contributed by atoms with Crippen LogP contribution in [0.3, 0.4) is 0 Å². The Kier molecular flexibility index (Phi) is 5.42. The molecule has 7 heteroatoms. The van der Waals surface area contributed by atoms with Gasteiger partial charge in [0.05, 0.1) is 5.92 Å². The van der Waals surface area contributed by atoms with Gasteiger partial charge in [0.1, 0.15) is 17.5 Å². The van der Waals surface area contributed by atoms with Crippen molar-refractivity contribution in [3.05, 3.63) is 70.1 Å². The van der Waals surface area contributed by atoms with E-state index in [0.717, 1.165) is 53.9 Å². The number of hydrogen-bond acceptors (Lipinski definition) is 6. The first-order valence-electron chi connectivity index (χ1n) is 11.1. The Morgan fingerprint density at radius 3 is 2.52 bits per heavy atom. The molecule has 33 heavy (non-hydrogen) atoms. The lowest BCUT2D eigenvalue weighted by Gasteiger charge is -2.33. The van der Waals surface area contributed by atoms with Crippen LogP contribution in [-0.2, 0) is 4.79 Å². The molecule has 0 radical (unpaired) electrons. The highest BCUT2D eigenvalue weighted by Crippen LogP contribution is 2.28. The van der Waals surface area contributed by atoms with Crippen LogP contribution in [0, 0.1) is 12.7 Å². The molecule has 0 amide bonds. The molecule has 0 bridgehead atoms. The molecule has 1 unspecified atom stereocenters. The van der Waals surface area contributed by atoms with Crippen molar-refractivity contribution >= 4 is 29.6 Å². The monoisotopic (exact) mass is 443 g/mol. The number of benzene rings is 1. The topological polar surface area (TPSA) is 75.3 Å². The quantitative estimate of drug-likeness (QED) is 0.666. The van der Waals surface area contributed by atoms with Crippen LogP contribution in [0.1, 0.15) is 17.0 Å². The van der Waals surface area contributed by atoms with Crippen molar-refractivity contribution in [3.63, 3.8) is 0 Å². The Hall–Kier alpha value is -3.58. The van der Waals surface area contributed by atoms with Gasteiger partial charge in [-0.15, -0.1) is 0 Å². The lowest BCUT2D eigenvalue weighted by atomic mass is 9.85. The fraction of sp³-hybridized carbons (Fsp3) is 0.269. The maximum Gasteiger partial charge on any atom is 0.167 e. The Morgan fingerprint density at radius 2 is 1.82 bits per heavy atom. The SMILES string of the molecule is Cc1cccc(F)c1C1C=c2c(-c3ccc(N4CCN(C)CC4)nc3)cnc(N)c2=CC1=O. The number of aromatic nitrogens is 2. The summed E-state index contributed by atoms with van der Waals surface area (Å²) in [6.07, 6.45) is 6.83. The van der Waals surface area contributed by atoms with Gasteiger partial charge in [0.2, 0.25) is 0 Å². The second-order valence-electron chi connectivity index (χ2n) is 8.74. The number of nitrogens with two attached hydrogens (primary N) is 1. The normalized spacial score (nSPS) is 18.5. The van der Waals surface area contributed by atoms with Gasteiger partial charge in [0.15, 0.2) is 5.78 Å². The summed E-state index contributed by atoms with van der Waals surface area (Å²) >= 11 is 0. The molecule has 1 fully saturated rings. The van der Waals surface area contributed by atoms with Gasteiger partial charge >= 0.3 is 0 Å². The molecule has 1 saturated heterocycles. The predicted molar refractivity (Wildman–Crippen MR) is 129 cm³/mol. The number of Topliss-reactive ketones (excluding diaryl/α,β-unsaturated/α-hetero) is 1. The largest absolute Gasteiger partial charge is 0.383 e. The smallest absolute Gasteiger partial charge is 0.167 e. The fourth-order valence-electron chi connectivity index (χ4n) is 4.63. The van der Waals surface area contributed by atoms with Crippen molar-refractivity contribution in [2.45, 2.75) is 12.8 Å². The summed E-state index contributed by atoms with van der Waals surface area (Å²) in [7, 11) is 2.12. The van der Waals surface area contributed by atoms with E-state index in [-0.39, 0.29) is 17.4 Å². The minimum Gasteiger partial charge on any atom is -0.383 e. The number of carbonyl (C=O) groups excluding carboxylic acids is 1. The summed E-state index contributed by atoms with van der Waals surface area (Å²) in [5, 5.41) is 1.36. The number of hydrogen-bond donors (Lipinski definition) is 1. The standard InChI is InChI=1S/C26H26FN5O/c1-16-4-3-5-22(27)25(16)20-12-18-19(13-23(20)33)26(28)30-15-21(18)17-6-7-24(29-14-17)32-10-8-31(2)9-11-32/h3-7,12-15,20H,8-11H2,1-2H3,(H2,28,30). The maximum atomic E-state index is 14.7. The lowest BCUT2D eigenvalue weighted by molar-refractivity contribution is -0.113. The second kappa shape index (κ2) is 8.41. The Bertz CT molecular complexity index is 1320. The van der Waals surface area contributed by atoms with Gasteiger partial charge in [0.25, 0.3) is 0 Å². The first kappa shape index (κ1) is 21.3. The van der Waals surface area contributed by atoms with Crippen LogP contribution in [0.4, 0.5) is 16.0 Å². The molecule has 0 saturated carbocycles. The highest BCUT2D eigenvalue weighted by atomic mass is 19.1. The predicted octanol–water partition coefficient (Wildman–Crippen LogP) is 1.85. The van der Waals surface area contributed by atoms with Gasteiger partial charge in [-0.1, -0.05) is 18.2 Å². The molecule has 5 rings (SSSR count). The van der Waals surface area contributed by atoms with Gasteiger partial charge in [-0.2, -0.15) is 0 Å². The van der Waals surface area contributed by atoms with Crippen LogP contribution in [0.5, 0.6) is 0 Å². The first-order chi connectivity index (χ1) is 15.9. The molecular formula is C26H26FN5O. The number of nitrogen functional groups attached to an aromatic ring is 1. The zero-order chi connectivity index (χ0) is 23.1. The maximum absolute atomic E-state index is 14.7. The molecule has 1 atom stereocenters. The Morgan fingerprint density at radius 1 is 1.03 bits per heavy atom. The average molecular weight is 444 g/mol. The van der Waals surface area contributed by atoms with Gasteiger partial charge in [-0.05, 0) is 49.0 Å². The molecule has 0 spiro atoms. The van der Waals surface area contributed by atoms with Crippen molar-refractivity contribution in [2.75, 3.05) is 43.9 Å². The molecule has 2 aromatic heterocycles. The molecule has 168 valence electrons.